The van der Waals surface area contributed by atoms with E-state index in [1.807, 2.05) is 0 Å². The number of anilines is 1. The van der Waals surface area contributed by atoms with E-state index in [-0.39, 0.29) is 17.8 Å². The number of hydrogen-bond donors (Lipinski definition) is 1. The summed E-state index contributed by atoms with van der Waals surface area (Å²) >= 11 is 11.9. The molecule has 3 unspecified atom stereocenters. The third-order valence-corrected chi connectivity index (χ3v) is 6.10. The molecule has 2 aromatic rings. The highest BCUT2D eigenvalue weighted by atomic mass is 35.5. The van der Waals surface area contributed by atoms with Crippen molar-refractivity contribution in [2.45, 2.75) is 44.7 Å². The van der Waals surface area contributed by atoms with Gasteiger partial charge in [0.2, 0.25) is 11.8 Å². The zero-order valence-electron chi connectivity index (χ0n) is 16.8. The standard InChI is InChI=1S/C23H25Cl2FN2O2/c1-15-4-2-3-5-20(15)27-23(30)22(16-6-8-17(25)9-7-16)28(21(29)14-24)19-12-10-18(26)11-13-19/h6-13,15,20,22H,2-5,14H2,1H3,(H,27,30). The average Bonchev–Trinajstić information content (AvgIpc) is 2.75. The SMILES string of the molecule is CC1CCCCC1NC(=O)C(c1ccc(Cl)cc1)N(C(=O)CCl)c1ccc(F)cc1. The minimum atomic E-state index is -0.951. The monoisotopic (exact) mass is 450 g/mol. The van der Waals surface area contributed by atoms with Crippen LogP contribution in [0.5, 0.6) is 0 Å². The summed E-state index contributed by atoms with van der Waals surface area (Å²) in [6, 6.07) is 11.3. The van der Waals surface area contributed by atoms with E-state index in [0.717, 1.165) is 25.7 Å². The maximum atomic E-state index is 13.5. The molecule has 1 aliphatic rings. The summed E-state index contributed by atoms with van der Waals surface area (Å²) in [5.41, 5.74) is 0.997. The number of halogens is 3. The van der Waals surface area contributed by atoms with Gasteiger partial charge in [-0.2, -0.15) is 0 Å². The maximum absolute atomic E-state index is 13.5. The van der Waals surface area contributed by atoms with Crippen LogP contribution in [0.4, 0.5) is 10.1 Å². The highest BCUT2D eigenvalue weighted by Gasteiger charge is 2.34. The van der Waals surface area contributed by atoms with Crippen LogP contribution >= 0.6 is 23.2 Å². The van der Waals surface area contributed by atoms with Gasteiger partial charge in [-0.3, -0.25) is 14.5 Å². The lowest BCUT2D eigenvalue weighted by Crippen LogP contribution is -2.49. The molecule has 30 heavy (non-hydrogen) atoms. The number of alkyl halides is 1. The van der Waals surface area contributed by atoms with Gasteiger partial charge >= 0.3 is 0 Å². The van der Waals surface area contributed by atoms with Crippen molar-refractivity contribution in [3.63, 3.8) is 0 Å². The van der Waals surface area contributed by atoms with E-state index in [4.69, 9.17) is 23.2 Å². The number of hydrogen-bond acceptors (Lipinski definition) is 2. The normalized spacial score (nSPS) is 19.7. The van der Waals surface area contributed by atoms with Gasteiger partial charge in [0, 0.05) is 16.8 Å². The third-order valence-electron chi connectivity index (χ3n) is 5.62. The molecule has 0 heterocycles. The van der Waals surface area contributed by atoms with Gasteiger partial charge in [0.25, 0.3) is 0 Å². The van der Waals surface area contributed by atoms with E-state index in [1.165, 1.54) is 29.2 Å². The van der Waals surface area contributed by atoms with Crippen molar-refractivity contribution in [1.29, 1.82) is 0 Å². The fourth-order valence-electron chi connectivity index (χ4n) is 3.96. The predicted octanol–water partition coefficient (Wildman–Crippen LogP) is 5.49. The number of amides is 2. The molecule has 4 nitrogen and oxygen atoms in total. The molecular weight excluding hydrogens is 426 g/mol. The molecule has 3 rings (SSSR count). The Kier molecular flexibility index (Phi) is 7.73. The second-order valence-electron chi connectivity index (χ2n) is 7.70. The van der Waals surface area contributed by atoms with Crippen molar-refractivity contribution in [1.82, 2.24) is 5.32 Å². The Morgan fingerprint density at radius 1 is 1.10 bits per heavy atom. The predicted molar refractivity (Wildman–Crippen MR) is 118 cm³/mol. The van der Waals surface area contributed by atoms with E-state index < -0.39 is 17.8 Å². The van der Waals surface area contributed by atoms with Gasteiger partial charge in [-0.25, -0.2) is 4.39 Å². The number of benzene rings is 2. The smallest absolute Gasteiger partial charge is 0.248 e. The molecule has 1 saturated carbocycles. The van der Waals surface area contributed by atoms with Gasteiger partial charge in [0.15, 0.2) is 0 Å². The number of nitrogens with zero attached hydrogens (tertiary/aromatic N) is 1. The molecule has 1 fully saturated rings. The zero-order valence-corrected chi connectivity index (χ0v) is 18.3. The first-order chi connectivity index (χ1) is 14.4. The Labute approximate surface area is 186 Å². The van der Waals surface area contributed by atoms with Gasteiger partial charge in [-0.15, -0.1) is 11.6 Å². The Balaban J connectivity index is 2.01. The fourth-order valence-corrected chi connectivity index (χ4v) is 4.21. The van der Waals surface area contributed by atoms with Gasteiger partial charge in [-0.1, -0.05) is 43.5 Å². The van der Waals surface area contributed by atoms with E-state index >= 15 is 0 Å². The molecule has 0 aliphatic heterocycles. The van der Waals surface area contributed by atoms with Crippen LogP contribution < -0.4 is 10.2 Å². The lowest BCUT2D eigenvalue weighted by Gasteiger charge is -2.35. The molecule has 0 aromatic heterocycles. The van der Waals surface area contributed by atoms with Crippen LogP contribution in [0.3, 0.4) is 0 Å². The van der Waals surface area contributed by atoms with E-state index in [1.54, 1.807) is 24.3 Å². The summed E-state index contributed by atoms with van der Waals surface area (Å²) in [4.78, 5) is 27.7. The van der Waals surface area contributed by atoms with Crippen LogP contribution in [-0.2, 0) is 9.59 Å². The average molecular weight is 451 g/mol. The summed E-state index contributed by atoms with van der Waals surface area (Å²) in [6.45, 7) is 2.13. The summed E-state index contributed by atoms with van der Waals surface area (Å²) < 4.78 is 13.5. The maximum Gasteiger partial charge on any atom is 0.248 e. The fraction of sp³-hybridized carbons (Fsp3) is 0.391. The van der Waals surface area contributed by atoms with Crippen molar-refractivity contribution in [2.24, 2.45) is 5.92 Å². The molecule has 160 valence electrons. The Hall–Kier alpha value is -2.11. The highest BCUT2D eigenvalue weighted by molar-refractivity contribution is 6.30. The van der Waals surface area contributed by atoms with E-state index in [9.17, 15) is 14.0 Å². The summed E-state index contributed by atoms with van der Waals surface area (Å²) in [5.74, 6) is -1.12. The number of nitrogens with one attached hydrogen (secondary N) is 1. The minimum Gasteiger partial charge on any atom is -0.351 e. The molecule has 0 bridgehead atoms. The van der Waals surface area contributed by atoms with E-state index in [0.29, 0.717) is 22.2 Å². The molecule has 0 spiro atoms. The molecule has 0 radical (unpaired) electrons. The molecule has 2 aromatic carbocycles. The molecule has 3 atom stereocenters. The molecule has 1 aliphatic carbocycles. The number of carbonyl (C=O) groups is 2. The quantitative estimate of drug-likeness (QED) is 0.591. The van der Waals surface area contributed by atoms with Crippen molar-refractivity contribution >= 4 is 40.7 Å². The van der Waals surface area contributed by atoms with Crippen LogP contribution in [0.25, 0.3) is 0 Å². The van der Waals surface area contributed by atoms with Crippen LogP contribution in [-0.4, -0.2) is 23.7 Å². The topological polar surface area (TPSA) is 49.4 Å². The zero-order chi connectivity index (χ0) is 21.7. The Morgan fingerprint density at radius 3 is 2.33 bits per heavy atom. The first-order valence-corrected chi connectivity index (χ1v) is 11.0. The molecular formula is C23H25Cl2FN2O2. The molecule has 0 saturated heterocycles. The molecule has 2 amide bonds. The minimum absolute atomic E-state index is 0.0437. The van der Waals surface area contributed by atoms with Gasteiger partial charge < -0.3 is 5.32 Å². The Bertz CT molecular complexity index is 874. The largest absolute Gasteiger partial charge is 0.351 e. The highest BCUT2D eigenvalue weighted by Crippen LogP contribution is 2.31. The summed E-state index contributed by atoms with van der Waals surface area (Å²) in [7, 11) is 0. The van der Waals surface area contributed by atoms with E-state index in [2.05, 4.69) is 12.2 Å². The van der Waals surface area contributed by atoms with Crippen LogP contribution in [0, 0.1) is 11.7 Å². The Morgan fingerprint density at radius 2 is 1.73 bits per heavy atom. The van der Waals surface area contributed by atoms with Crippen LogP contribution in [0.2, 0.25) is 5.02 Å². The van der Waals surface area contributed by atoms with Crippen molar-refractivity contribution in [2.75, 3.05) is 10.8 Å². The summed E-state index contributed by atoms with van der Waals surface area (Å²) in [5, 5.41) is 3.66. The number of carbonyl (C=O) groups excluding carboxylic acids is 2. The van der Waals surface area contributed by atoms with Crippen molar-refractivity contribution in [3.05, 3.63) is 64.9 Å². The third kappa shape index (κ3) is 5.32. The second kappa shape index (κ2) is 10.3. The van der Waals surface area contributed by atoms with Crippen molar-refractivity contribution < 1.29 is 14.0 Å². The lowest BCUT2D eigenvalue weighted by molar-refractivity contribution is -0.126. The molecule has 7 heteroatoms. The first-order valence-electron chi connectivity index (χ1n) is 10.1. The lowest BCUT2D eigenvalue weighted by atomic mass is 9.85. The van der Waals surface area contributed by atoms with Crippen molar-refractivity contribution in [3.8, 4) is 0 Å². The van der Waals surface area contributed by atoms with Gasteiger partial charge in [-0.05, 0) is 60.7 Å². The second-order valence-corrected chi connectivity index (χ2v) is 8.41. The molecule has 1 N–H and O–H groups in total. The summed E-state index contributed by atoms with van der Waals surface area (Å²) in [6.07, 6.45) is 4.17. The number of rotatable bonds is 6. The van der Waals surface area contributed by atoms with Gasteiger partial charge in [0.1, 0.15) is 17.7 Å². The van der Waals surface area contributed by atoms with Gasteiger partial charge in [0.05, 0.1) is 0 Å². The first kappa shape index (κ1) is 22.6. The van der Waals surface area contributed by atoms with Crippen LogP contribution in [0.1, 0.15) is 44.2 Å². The van der Waals surface area contributed by atoms with Crippen LogP contribution in [0.15, 0.2) is 48.5 Å².